The zero-order chi connectivity index (χ0) is 13.7. The predicted molar refractivity (Wildman–Crippen MR) is 72.7 cm³/mol. The van der Waals surface area contributed by atoms with Gasteiger partial charge in [0.05, 0.1) is 18.2 Å². The molecule has 0 aromatic heterocycles. The van der Waals surface area contributed by atoms with Crippen LogP contribution in [0.15, 0.2) is 0 Å². The van der Waals surface area contributed by atoms with E-state index in [4.69, 9.17) is 15.2 Å². The minimum Gasteiger partial charge on any atom is -0.381 e. The lowest BCUT2D eigenvalue weighted by molar-refractivity contribution is -0.125. The van der Waals surface area contributed by atoms with E-state index in [1.807, 2.05) is 6.92 Å². The fourth-order valence-corrected chi connectivity index (χ4v) is 2.58. The average molecular weight is 270 g/mol. The molecule has 5 nitrogen and oxygen atoms in total. The maximum Gasteiger partial charge on any atom is 0.222 e. The summed E-state index contributed by atoms with van der Waals surface area (Å²) in [6.45, 7) is 4.57. The molecular formula is C14H26N2O3. The Bertz CT molecular complexity index is 301. The maximum absolute atomic E-state index is 11.9. The van der Waals surface area contributed by atoms with Crippen molar-refractivity contribution in [3.8, 4) is 0 Å². The van der Waals surface area contributed by atoms with Crippen LogP contribution in [-0.4, -0.2) is 43.9 Å². The van der Waals surface area contributed by atoms with Crippen LogP contribution in [0.4, 0.5) is 0 Å². The van der Waals surface area contributed by atoms with Crippen LogP contribution in [0.2, 0.25) is 0 Å². The Morgan fingerprint density at radius 1 is 1.37 bits per heavy atom. The van der Waals surface area contributed by atoms with Gasteiger partial charge in [0.25, 0.3) is 0 Å². The highest BCUT2D eigenvalue weighted by atomic mass is 16.5. The van der Waals surface area contributed by atoms with Gasteiger partial charge in [-0.25, -0.2) is 0 Å². The summed E-state index contributed by atoms with van der Waals surface area (Å²) in [6.07, 6.45) is 4.89. The van der Waals surface area contributed by atoms with Crippen LogP contribution in [0, 0.1) is 5.92 Å². The van der Waals surface area contributed by atoms with Gasteiger partial charge >= 0.3 is 0 Å². The maximum atomic E-state index is 11.9. The molecule has 0 aromatic carbocycles. The Morgan fingerprint density at radius 2 is 2.05 bits per heavy atom. The lowest BCUT2D eigenvalue weighted by Gasteiger charge is -2.29. The second-order valence-electron chi connectivity index (χ2n) is 5.88. The third-order valence-corrected chi connectivity index (χ3v) is 4.18. The SMILES string of the molecule is CC(CN)(NC(=O)CCOC1CCOCC1)C1CC1. The zero-order valence-electron chi connectivity index (χ0n) is 11.8. The van der Waals surface area contributed by atoms with Gasteiger partial charge in [0.1, 0.15) is 0 Å². The molecule has 2 aliphatic rings. The number of hydrogen-bond donors (Lipinski definition) is 2. The quantitative estimate of drug-likeness (QED) is 0.718. The van der Waals surface area contributed by atoms with E-state index in [1.165, 1.54) is 12.8 Å². The van der Waals surface area contributed by atoms with Crippen molar-refractivity contribution in [1.29, 1.82) is 0 Å². The summed E-state index contributed by atoms with van der Waals surface area (Å²) in [5, 5.41) is 3.07. The van der Waals surface area contributed by atoms with Crippen molar-refractivity contribution in [3.05, 3.63) is 0 Å². The molecule has 1 saturated carbocycles. The van der Waals surface area contributed by atoms with E-state index in [0.717, 1.165) is 26.1 Å². The van der Waals surface area contributed by atoms with Crippen LogP contribution in [0.25, 0.3) is 0 Å². The van der Waals surface area contributed by atoms with E-state index < -0.39 is 0 Å². The van der Waals surface area contributed by atoms with Gasteiger partial charge in [0.15, 0.2) is 0 Å². The third kappa shape index (κ3) is 4.44. The lowest BCUT2D eigenvalue weighted by atomic mass is 9.96. The normalized spacial score (nSPS) is 23.9. The summed E-state index contributed by atoms with van der Waals surface area (Å²) >= 11 is 0. The second-order valence-corrected chi connectivity index (χ2v) is 5.88. The van der Waals surface area contributed by atoms with Crippen molar-refractivity contribution in [3.63, 3.8) is 0 Å². The summed E-state index contributed by atoms with van der Waals surface area (Å²) in [5.41, 5.74) is 5.56. The highest BCUT2D eigenvalue weighted by Gasteiger charge is 2.41. The van der Waals surface area contributed by atoms with E-state index >= 15 is 0 Å². The van der Waals surface area contributed by atoms with Gasteiger partial charge in [-0.1, -0.05) is 0 Å². The molecule has 1 atom stereocenters. The average Bonchev–Trinajstić information content (AvgIpc) is 3.24. The summed E-state index contributed by atoms with van der Waals surface area (Å²) in [6, 6.07) is 0. The molecule has 1 unspecified atom stereocenters. The van der Waals surface area contributed by atoms with Crippen molar-refractivity contribution in [1.82, 2.24) is 5.32 Å². The van der Waals surface area contributed by atoms with Crippen molar-refractivity contribution in [2.45, 2.75) is 50.7 Å². The largest absolute Gasteiger partial charge is 0.381 e. The van der Waals surface area contributed by atoms with Gasteiger partial charge in [0, 0.05) is 26.2 Å². The first-order valence-corrected chi connectivity index (χ1v) is 7.34. The molecule has 2 fully saturated rings. The lowest BCUT2D eigenvalue weighted by Crippen LogP contribution is -2.53. The molecule has 1 saturated heterocycles. The van der Waals surface area contributed by atoms with E-state index in [2.05, 4.69) is 5.32 Å². The Kier molecular flexibility index (Phi) is 5.19. The predicted octanol–water partition coefficient (Wildman–Crippen LogP) is 0.816. The number of carbonyl (C=O) groups excluding carboxylic acids is 1. The fourth-order valence-electron chi connectivity index (χ4n) is 2.58. The van der Waals surface area contributed by atoms with Crippen LogP contribution in [-0.2, 0) is 14.3 Å². The molecule has 19 heavy (non-hydrogen) atoms. The molecule has 1 aliphatic carbocycles. The van der Waals surface area contributed by atoms with E-state index in [1.54, 1.807) is 0 Å². The molecule has 1 aliphatic heterocycles. The number of ether oxygens (including phenoxy) is 2. The Hall–Kier alpha value is -0.650. The molecule has 0 spiro atoms. The van der Waals surface area contributed by atoms with Crippen molar-refractivity contribution in [2.24, 2.45) is 11.7 Å². The zero-order valence-corrected chi connectivity index (χ0v) is 11.8. The van der Waals surface area contributed by atoms with Crippen molar-refractivity contribution < 1.29 is 14.3 Å². The molecule has 0 radical (unpaired) electrons. The molecule has 1 amide bonds. The summed E-state index contributed by atoms with van der Waals surface area (Å²) in [5.74, 6) is 0.602. The van der Waals surface area contributed by atoms with Crippen LogP contribution in [0.5, 0.6) is 0 Å². The van der Waals surface area contributed by atoms with Gasteiger partial charge in [0.2, 0.25) is 5.91 Å². The minimum atomic E-state index is -0.226. The molecular weight excluding hydrogens is 244 g/mol. The van der Waals surface area contributed by atoms with E-state index in [0.29, 0.717) is 25.5 Å². The minimum absolute atomic E-state index is 0.0481. The molecule has 3 N–H and O–H groups in total. The first-order chi connectivity index (χ1) is 9.14. The Morgan fingerprint density at radius 3 is 2.63 bits per heavy atom. The van der Waals surface area contributed by atoms with Crippen LogP contribution >= 0.6 is 0 Å². The molecule has 0 aromatic rings. The molecule has 2 rings (SSSR count). The fraction of sp³-hybridized carbons (Fsp3) is 0.929. The summed E-state index contributed by atoms with van der Waals surface area (Å²) in [7, 11) is 0. The van der Waals surface area contributed by atoms with Crippen molar-refractivity contribution >= 4 is 5.91 Å². The van der Waals surface area contributed by atoms with Gasteiger partial charge in [-0.3, -0.25) is 4.79 Å². The number of nitrogens with two attached hydrogens (primary N) is 1. The van der Waals surface area contributed by atoms with Crippen LogP contribution in [0.1, 0.15) is 39.0 Å². The van der Waals surface area contributed by atoms with Gasteiger partial charge in [-0.15, -0.1) is 0 Å². The number of carbonyl (C=O) groups is 1. The number of hydrogen-bond acceptors (Lipinski definition) is 4. The molecule has 110 valence electrons. The number of nitrogens with one attached hydrogen (secondary N) is 1. The van der Waals surface area contributed by atoms with Gasteiger partial charge in [-0.05, 0) is 38.5 Å². The monoisotopic (exact) mass is 270 g/mol. The van der Waals surface area contributed by atoms with E-state index in [9.17, 15) is 4.79 Å². The standard InChI is InChI=1S/C14H26N2O3/c1-14(10-15,11-2-3-11)16-13(17)6-9-19-12-4-7-18-8-5-12/h11-12H,2-10,15H2,1H3,(H,16,17). The first kappa shape index (κ1) is 14.8. The third-order valence-electron chi connectivity index (χ3n) is 4.18. The highest BCUT2D eigenvalue weighted by molar-refractivity contribution is 5.77. The number of rotatable bonds is 7. The van der Waals surface area contributed by atoms with E-state index in [-0.39, 0.29) is 17.6 Å². The Balaban J connectivity index is 1.63. The molecule has 5 heteroatoms. The second kappa shape index (κ2) is 6.68. The van der Waals surface area contributed by atoms with Crippen molar-refractivity contribution in [2.75, 3.05) is 26.4 Å². The smallest absolute Gasteiger partial charge is 0.222 e. The molecule has 0 bridgehead atoms. The van der Waals surface area contributed by atoms with Crippen LogP contribution < -0.4 is 11.1 Å². The first-order valence-electron chi connectivity index (χ1n) is 7.34. The Labute approximate surface area is 115 Å². The van der Waals surface area contributed by atoms with Gasteiger partial charge < -0.3 is 20.5 Å². The summed E-state index contributed by atoms with van der Waals surface area (Å²) in [4.78, 5) is 11.9. The highest BCUT2D eigenvalue weighted by Crippen LogP contribution is 2.38. The van der Waals surface area contributed by atoms with Gasteiger partial charge in [-0.2, -0.15) is 0 Å². The van der Waals surface area contributed by atoms with Crippen LogP contribution in [0.3, 0.4) is 0 Å². The number of amides is 1. The molecule has 1 heterocycles. The summed E-state index contributed by atoms with van der Waals surface area (Å²) < 4.78 is 11.0. The topological polar surface area (TPSA) is 73.6 Å².